The highest BCUT2D eigenvalue weighted by Gasteiger charge is 2.17. The lowest BCUT2D eigenvalue weighted by Crippen LogP contribution is -2.36. The maximum atomic E-state index is 9.74. The van der Waals surface area contributed by atoms with Crippen molar-refractivity contribution < 1.29 is 5.11 Å². The summed E-state index contributed by atoms with van der Waals surface area (Å²) in [5.74, 6) is 0. The Morgan fingerprint density at radius 1 is 1.44 bits per heavy atom. The number of hydrogen-bond donors (Lipinski definition) is 1. The van der Waals surface area contributed by atoms with Gasteiger partial charge in [-0.05, 0) is 38.5 Å². The molecule has 1 aromatic carbocycles. The van der Waals surface area contributed by atoms with Gasteiger partial charge in [-0.15, -0.1) is 0 Å². The number of nitrogens with zero attached hydrogens (tertiary/aromatic N) is 2. The van der Waals surface area contributed by atoms with Crippen molar-refractivity contribution in [2.24, 2.45) is 0 Å². The molecule has 1 rings (SSSR count). The molecule has 0 aliphatic heterocycles. The molecule has 3 heteroatoms. The molecule has 16 heavy (non-hydrogen) atoms. The van der Waals surface area contributed by atoms with Crippen LogP contribution in [-0.2, 0) is 0 Å². The molecule has 0 saturated carbocycles. The zero-order chi connectivity index (χ0) is 12.3. The van der Waals surface area contributed by atoms with Crippen LogP contribution in [0.5, 0.6) is 0 Å². The number of aliphatic hydroxyl groups is 1. The molecule has 86 valence electrons. The van der Waals surface area contributed by atoms with Gasteiger partial charge in [0.2, 0.25) is 0 Å². The van der Waals surface area contributed by atoms with Crippen LogP contribution in [0.15, 0.2) is 18.2 Å². The highest BCUT2D eigenvalue weighted by molar-refractivity contribution is 5.60. The van der Waals surface area contributed by atoms with E-state index in [1.807, 2.05) is 37.1 Å². The van der Waals surface area contributed by atoms with Crippen LogP contribution < -0.4 is 4.90 Å². The molecule has 0 spiro atoms. The number of benzene rings is 1. The molecule has 3 nitrogen and oxygen atoms in total. The predicted molar refractivity (Wildman–Crippen MR) is 65.5 cm³/mol. The van der Waals surface area contributed by atoms with Crippen LogP contribution in [0, 0.1) is 18.3 Å². The lowest BCUT2D eigenvalue weighted by Gasteiger charge is -2.27. The molecule has 0 bridgehead atoms. The summed E-state index contributed by atoms with van der Waals surface area (Å²) in [4.78, 5) is 1.90. The van der Waals surface area contributed by atoms with Crippen LogP contribution in [0.2, 0.25) is 0 Å². The van der Waals surface area contributed by atoms with Gasteiger partial charge in [-0.3, -0.25) is 0 Å². The van der Waals surface area contributed by atoms with Gasteiger partial charge in [-0.1, -0.05) is 6.07 Å². The third kappa shape index (κ3) is 3.25. The minimum Gasteiger partial charge on any atom is -0.389 e. The normalized spacial score (nSPS) is 11.0. The van der Waals surface area contributed by atoms with Gasteiger partial charge in [0.25, 0.3) is 0 Å². The molecule has 0 fully saturated rings. The van der Waals surface area contributed by atoms with Gasteiger partial charge >= 0.3 is 0 Å². The van der Waals surface area contributed by atoms with Crippen LogP contribution in [0.25, 0.3) is 0 Å². The maximum absolute atomic E-state index is 9.74. The molecule has 0 radical (unpaired) electrons. The summed E-state index contributed by atoms with van der Waals surface area (Å²) in [7, 11) is 1.88. The summed E-state index contributed by atoms with van der Waals surface area (Å²) in [5, 5.41) is 18.8. The second kappa shape index (κ2) is 4.54. The standard InChI is InChI=1S/C13H18N2O/c1-10-5-6-12(11(7-10)8-14)15(4)9-13(2,3)16/h5-7,16H,9H2,1-4H3. The summed E-state index contributed by atoms with van der Waals surface area (Å²) in [6.07, 6.45) is 0. The first-order valence-electron chi connectivity index (χ1n) is 5.28. The summed E-state index contributed by atoms with van der Waals surface area (Å²) in [6.45, 7) is 5.96. The van der Waals surface area contributed by atoms with Gasteiger partial charge in [-0.2, -0.15) is 5.26 Å². The molecule has 0 amide bonds. The van der Waals surface area contributed by atoms with E-state index in [-0.39, 0.29) is 0 Å². The van der Waals surface area contributed by atoms with E-state index in [0.717, 1.165) is 11.3 Å². The minimum atomic E-state index is -0.771. The van der Waals surface area contributed by atoms with Crippen molar-refractivity contribution in [3.8, 4) is 6.07 Å². The molecule has 0 aliphatic carbocycles. The SMILES string of the molecule is Cc1ccc(N(C)CC(C)(C)O)c(C#N)c1. The molecular formula is C13H18N2O. The maximum Gasteiger partial charge on any atom is 0.101 e. The van der Waals surface area contributed by atoms with E-state index >= 15 is 0 Å². The first-order valence-corrected chi connectivity index (χ1v) is 5.28. The fourth-order valence-electron chi connectivity index (χ4n) is 1.74. The van der Waals surface area contributed by atoms with E-state index in [1.54, 1.807) is 13.8 Å². The van der Waals surface area contributed by atoms with Gasteiger partial charge < -0.3 is 10.0 Å². The fourth-order valence-corrected chi connectivity index (χ4v) is 1.74. The number of nitriles is 1. The van der Waals surface area contributed by atoms with Crippen LogP contribution >= 0.6 is 0 Å². The molecule has 0 aliphatic rings. The summed E-state index contributed by atoms with van der Waals surface area (Å²) >= 11 is 0. The molecule has 0 unspecified atom stereocenters. The molecule has 0 heterocycles. The Kier molecular flexibility index (Phi) is 3.56. The second-order valence-electron chi connectivity index (χ2n) is 4.80. The summed E-state index contributed by atoms with van der Waals surface area (Å²) in [5.41, 5.74) is 1.80. The van der Waals surface area contributed by atoms with E-state index in [9.17, 15) is 5.11 Å². The highest BCUT2D eigenvalue weighted by Crippen LogP contribution is 2.21. The van der Waals surface area contributed by atoms with Crippen molar-refractivity contribution in [3.05, 3.63) is 29.3 Å². The lowest BCUT2D eigenvalue weighted by atomic mass is 10.1. The molecule has 1 N–H and O–H groups in total. The molecule has 0 aromatic heterocycles. The van der Waals surface area contributed by atoms with Crippen molar-refractivity contribution in [1.82, 2.24) is 0 Å². The van der Waals surface area contributed by atoms with Crippen molar-refractivity contribution in [1.29, 1.82) is 5.26 Å². The van der Waals surface area contributed by atoms with E-state index in [1.165, 1.54) is 0 Å². The quantitative estimate of drug-likeness (QED) is 0.845. The first-order chi connectivity index (χ1) is 7.33. The Hall–Kier alpha value is -1.53. The zero-order valence-corrected chi connectivity index (χ0v) is 10.3. The second-order valence-corrected chi connectivity index (χ2v) is 4.80. The van der Waals surface area contributed by atoms with Crippen molar-refractivity contribution >= 4 is 5.69 Å². The Morgan fingerprint density at radius 2 is 2.06 bits per heavy atom. The van der Waals surface area contributed by atoms with Gasteiger partial charge in [0, 0.05) is 13.6 Å². The predicted octanol–water partition coefficient (Wildman–Crippen LogP) is 2.07. The number of likely N-dealkylation sites (N-methyl/N-ethyl adjacent to an activating group) is 1. The van der Waals surface area contributed by atoms with E-state index in [2.05, 4.69) is 6.07 Å². The van der Waals surface area contributed by atoms with E-state index < -0.39 is 5.60 Å². The topological polar surface area (TPSA) is 47.3 Å². The van der Waals surface area contributed by atoms with Crippen LogP contribution in [0.4, 0.5) is 5.69 Å². The molecular weight excluding hydrogens is 200 g/mol. The van der Waals surface area contributed by atoms with Gasteiger partial charge in [0.05, 0.1) is 16.9 Å². The summed E-state index contributed by atoms with van der Waals surface area (Å²) < 4.78 is 0. The Bertz CT molecular complexity index is 413. The van der Waals surface area contributed by atoms with Crippen molar-refractivity contribution in [2.45, 2.75) is 26.4 Å². The lowest BCUT2D eigenvalue weighted by molar-refractivity contribution is 0.0886. The highest BCUT2D eigenvalue weighted by atomic mass is 16.3. The largest absolute Gasteiger partial charge is 0.389 e. The number of hydrogen-bond acceptors (Lipinski definition) is 3. The average molecular weight is 218 g/mol. The van der Waals surface area contributed by atoms with Gasteiger partial charge in [0.1, 0.15) is 6.07 Å². The summed E-state index contributed by atoms with van der Waals surface area (Å²) in [6, 6.07) is 7.92. The number of aryl methyl sites for hydroxylation is 1. The first kappa shape index (κ1) is 12.5. The molecule has 0 atom stereocenters. The van der Waals surface area contributed by atoms with Gasteiger partial charge in [0.15, 0.2) is 0 Å². The molecule has 1 aromatic rings. The third-order valence-electron chi connectivity index (χ3n) is 2.31. The van der Waals surface area contributed by atoms with Crippen molar-refractivity contribution in [2.75, 3.05) is 18.5 Å². The van der Waals surface area contributed by atoms with Crippen molar-refractivity contribution in [3.63, 3.8) is 0 Å². The third-order valence-corrected chi connectivity index (χ3v) is 2.31. The average Bonchev–Trinajstić information content (AvgIpc) is 2.14. The van der Waals surface area contributed by atoms with Crippen LogP contribution in [0.3, 0.4) is 0 Å². The minimum absolute atomic E-state index is 0.491. The fraction of sp³-hybridized carbons (Fsp3) is 0.462. The Labute approximate surface area is 96.9 Å². The smallest absolute Gasteiger partial charge is 0.101 e. The van der Waals surface area contributed by atoms with Crippen LogP contribution in [-0.4, -0.2) is 24.3 Å². The Morgan fingerprint density at radius 3 is 2.56 bits per heavy atom. The zero-order valence-electron chi connectivity index (χ0n) is 10.3. The Balaban J connectivity index is 3.00. The van der Waals surface area contributed by atoms with E-state index in [0.29, 0.717) is 12.1 Å². The number of anilines is 1. The van der Waals surface area contributed by atoms with E-state index in [4.69, 9.17) is 5.26 Å². The van der Waals surface area contributed by atoms with Gasteiger partial charge in [-0.25, -0.2) is 0 Å². The molecule has 0 saturated heterocycles. The van der Waals surface area contributed by atoms with Crippen LogP contribution in [0.1, 0.15) is 25.0 Å². The number of rotatable bonds is 3. The monoisotopic (exact) mass is 218 g/mol.